The van der Waals surface area contributed by atoms with Gasteiger partial charge in [0.15, 0.2) is 0 Å². The van der Waals surface area contributed by atoms with Gasteiger partial charge >= 0.3 is 0 Å². The third-order valence-corrected chi connectivity index (χ3v) is 4.19. The highest BCUT2D eigenvalue weighted by atomic mass is 16.2. The number of piperazine rings is 1. The highest BCUT2D eigenvalue weighted by Gasteiger charge is 2.35. The van der Waals surface area contributed by atoms with Gasteiger partial charge in [0, 0.05) is 32.7 Å². The van der Waals surface area contributed by atoms with Gasteiger partial charge in [-0.25, -0.2) is 0 Å². The Hall–Kier alpha value is -0.610. The Morgan fingerprint density at radius 1 is 1.28 bits per heavy atom. The minimum Gasteiger partial charge on any atom is -0.354 e. The Balaban J connectivity index is 2.48. The van der Waals surface area contributed by atoms with E-state index < -0.39 is 5.54 Å². The summed E-state index contributed by atoms with van der Waals surface area (Å²) in [5, 5.41) is 6.42. The third-order valence-electron chi connectivity index (χ3n) is 4.19. The molecule has 0 aromatic carbocycles. The maximum absolute atomic E-state index is 12.3. The smallest absolute Gasteiger partial charge is 0.239 e. The molecule has 1 aliphatic heterocycles. The zero-order chi connectivity index (χ0) is 13.8. The van der Waals surface area contributed by atoms with E-state index in [0.717, 1.165) is 32.7 Å². The number of carbonyl (C=O) groups is 1. The van der Waals surface area contributed by atoms with E-state index in [1.54, 1.807) is 0 Å². The van der Waals surface area contributed by atoms with Crippen LogP contribution in [0, 0.1) is 11.8 Å². The Morgan fingerprint density at radius 3 is 2.33 bits per heavy atom. The van der Waals surface area contributed by atoms with Crippen molar-refractivity contribution in [2.24, 2.45) is 11.8 Å². The number of carbonyl (C=O) groups excluding carboxylic acids is 1. The Morgan fingerprint density at radius 2 is 1.83 bits per heavy atom. The second-order valence-electron chi connectivity index (χ2n) is 6.23. The summed E-state index contributed by atoms with van der Waals surface area (Å²) >= 11 is 0. The molecule has 0 saturated carbocycles. The van der Waals surface area contributed by atoms with E-state index in [1.807, 2.05) is 13.8 Å². The maximum atomic E-state index is 12.3. The predicted octanol–water partition coefficient (Wildman–Crippen LogP) is 1.08. The van der Waals surface area contributed by atoms with Crippen LogP contribution in [0.2, 0.25) is 0 Å². The summed E-state index contributed by atoms with van der Waals surface area (Å²) < 4.78 is 0. The molecule has 18 heavy (non-hydrogen) atoms. The van der Waals surface area contributed by atoms with E-state index in [-0.39, 0.29) is 5.91 Å². The number of rotatable bonds is 5. The van der Waals surface area contributed by atoms with Crippen LogP contribution in [0.15, 0.2) is 0 Å². The van der Waals surface area contributed by atoms with Gasteiger partial charge in [-0.2, -0.15) is 0 Å². The minimum absolute atomic E-state index is 0.150. The summed E-state index contributed by atoms with van der Waals surface area (Å²) in [4.78, 5) is 14.6. The van der Waals surface area contributed by atoms with Gasteiger partial charge in [-0.05, 0) is 25.7 Å². The lowest BCUT2D eigenvalue weighted by Crippen LogP contribution is -2.60. The van der Waals surface area contributed by atoms with Crippen LogP contribution in [0.25, 0.3) is 0 Å². The summed E-state index contributed by atoms with van der Waals surface area (Å²) in [5.41, 5.74) is -0.404. The van der Waals surface area contributed by atoms with Gasteiger partial charge in [0.05, 0.1) is 5.54 Å². The van der Waals surface area contributed by atoms with Crippen LogP contribution in [-0.4, -0.2) is 49.1 Å². The molecule has 0 radical (unpaired) electrons. The lowest BCUT2D eigenvalue weighted by atomic mass is 9.96. The number of hydrogen-bond donors (Lipinski definition) is 2. The largest absolute Gasteiger partial charge is 0.354 e. The molecule has 1 rings (SSSR count). The average Bonchev–Trinajstić information content (AvgIpc) is 2.36. The van der Waals surface area contributed by atoms with Gasteiger partial charge in [-0.3, -0.25) is 9.69 Å². The zero-order valence-corrected chi connectivity index (χ0v) is 12.5. The quantitative estimate of drug-likeness (QED) is 0.772. The summed E-state index contributed by atoms with van der Waals surface area (Å²) in [6.45, 7) is 15.2. The van der Waals surface area contributed by atoms with Crippen LogP contribution >= 0.6 is 0 Å². The van der Waals surface area contributed by atoms with Gasteiger partial charge in [-0.1, -0.05) is 20.8 Å². The van der Waals surface area contributed by atoms with Crippen LogP contribution in [0.3, 0.4) is 0 Å². The van der Waals surface area contributed by atoms with Gasteiger partial charge in [0.1, 0.15) is 0 Å². The summed E-state index contributed by atoms with van der Waals surface area (Å²) in [6.07, 6.45) is 0. The molecular weight excluding hydrogens is 226 g/mol. The van der Waals surface area contributed by atoms with Crippen LogP contribution in [0.5, 0.6) is 0 Å². The van der Waals surface area contributed by atoms with Crippen molar-refractivity contribution in [3.8, 4) is 0 Å². The first-order valence-corrected chi connectivity index (χ1v) is 7.09. The summed E-state index contributed by atoms with van der Waals surface area (Å²) in [5.74, 6) is 1.28. The molecule has 1 saturated heterocycles. The van der Waals surface area contributed by atoms with Crippen molar-refractivity contribution in [1.29, 1.82) is 0 Å². The van der Waals surface area contributed by atoms with E-state index >= 15 is 0 Å². The van der Waals surface area contributed by atoms with Crippen LogP contribution < -0.4 is 10.6 Å². The Labute approximate surface area is 111 Å². The molecule has 1 aliphatic rings. The topological polar surface area (TPSA) is 44.4 Å². The van der Waals surface area contributed by atoms with Gasteiger partial charge in [0.25, 0.3) is 0 Å². The fraction of sp³-hybridized carbons (Fsp3) is 0.929. The maximum Gasteiger partial charge on any atom is 0.239 e. The lowest BCUT2D eigenvalue weighted by molar-refractivity contribution is -0.132. The first-order chi connectivity index (χ1) is 8.35. The van der Waals surface area contributed by atoms with Crippen LogP contribution in [0.4, 0.5) is 0 Å². The second kappa shape index (κ2) is 6.53. The molecule has 1 fully saturated rings. The molecule has 0 aromatic heterocycles. The standard InChI is InChI=1S/C14H29N3O/c1-11(2)12(3)10-16-13(18)14(4,5)17-8-6-15-7-9-17/h11-12,15H,6-10H2,1-5H3,(H,16,18). The fourth-order valence-corrected chi connectivity index (χ4v) is 2.07. The monoisotopic (exact) mass is 255 g/mol. The van der Waals surface area contributed by atoms with Crippen molar-refractivity contribution in [3.05, 3.63) is 0 Å². The molecule has 0 bridgehead atoms. The molecule has 0 aromatic rings. The normalized spacial score (nSPS) is 19.9. The SMILES string of the molecule is CC(C)C(C)CNC(=O)C(C)(C)N1CCNCC1. The minimum atomic E-state index is -0.404. The molecule has 0 aliphatic carbocycles. The predicted molar refractivity (Wildman–Crippen MR) is 75.5 cm³/mol. The van der Waals surface area contributed by atoms with Crippen molar-refractivity contribution in [1.82, 2.24) is 15.5 Å². The number of nitrogens with zero attached hydrogens (tertiary/aromatic N) is 1. The van der Waals surface area contributed by atoms with E-state index in [2.05, 4.69) is 36.3 Å². The van der Waals surface area contributed by atoms with Gasteiger partial charge < -0.3 is 10.6 Å². The third kappa shape index (κ3) is 3.95. The Bertz CT molecular complexity index is 270. The van der Waals surface area contributed by atoms with Crippen molar-refractivity contribution in [2.45, 2.75) is 40.2 Å². The first kappa shape index (κ1) is 15.4. The molecular formula is C14H29N3O. The number of nitrogens with one attached hydrogen (secondary N) is 2. The van der Waals surface area contributed by atoms with E-state index in [0.29, 0.717) is 11.8 Å². The number of amides is 1. The fourth-order valence-electron chi connectivity index (χ4n) is 2.07. The van der Waals surface area contributed by atoms with Crippen molar-refractivity contribution in [2.75, 3.05) is 32.7 Å². The van der Waals surface area contributed by atoms with E-state index in [4.69, 9.17) is 0 Å². The number of hydrogen-bond acceptors (Lipinski definition) is 3. The molecule has 4 nitrogen and oxygen atoms in total. The van der Waals surface area contributed by atoms with Crippen LogP contribution in [0.1, 0.15) is 34.6 Å². The molecule has 1 amide bonds. The molecule has 106 valence electrons. The van der Waals surface area contributed by atoms with Gasteiger partial charge in [0.2, 0.25) is 5.91 Å². The van der Waals surface area contributed by atoms with Crippen molar-refractivity contribution in [3.63, 3.8) is 0 Å². The molecule has 4 heteroatoms. The summed E-state index contributed by atoms with van der Waals surface area (Å²) in [6, 6.07) is 0. The van der Waals surface area contributed by atoms with Gasteiger partial charge in [-0.15, -0.1) is 0 Å². The highest BCUT2D eigenvalue weighted by molar-refractivity contribution is 5.85. The Kier molecular flexibility index (Phi) is 5.60. The molecule has 2 N–H and O–H groups in total. The average molecular weight is 255 g/mol. The highest BCUT2D eigenvalue weighted by Crippen LogP contribution is 2.16. The zero-order valence-electron chi connectivity index (χ0n) is 12.5. The molecule has 1 heterocycles. The van der Waals surface area contributed by atoms with E-state index in [9.17, 15) is 4.79 Å². The molecule has 1 unspecified atom stereocenters. The first-order valence-electron chi connectivity index (χ1n) is 7.09. The van der Waals surface area contributed by atoms with Crippen LogP contribution in [-0.2, 0) is 4.79 Å². The second-order valence-corrected chi connectivity index (χ2v) is 6.23. The molecule has 1 atom stereocenters. The van der Waals surface area contributed by atoms with Crippen molar-refractivity contribution >= 4 is 5.91 Å². The van der Waals surface area contributed by atoms with E-state index in [1.165, 1.54) is 0 Å². The lowest BCUT2D eigenvalue weighted by Gasteiger charge is -2.40. The van der Waals surface area contributed by atoms with Crippen molar-refractivity contribution < 1.29 is 4.79 Å². The summed E-state index contributed by atoms with van der Waals surface area (Å²) in [7, 11) is 0. The molecule has 0 spiro atoms.